The van der Waals surface area contributed by atoms with Crippen molar-refractivity contribution < 1.29 is 5.11 Å². The molecule has 0 heterocycles. The maximum atomic E-state index is 9.52. The van der Waals surface area contributed by atoms with Crippen molar-refractivity contribution in [1.29, 1.82) is 0 Å². The molecule has 3 unspecified atom stereocenters. The molecule has 0 aliphatic heterocycles. The van der Waals surface area contributed by atoms with Gasteiger partial charge in [0, 0.05) is 0 Å². The predicted molar refractivity (Wildman–Crippen MR) is 61.0 cm³/mol. The summed E-state index contributed by atoms with van der Waals surface area (Å²) >= 11 is 0. The number of phenols is 1. The van der Waals surface area contributed by atoms with Crippen molar-refractivity contribution in [3.63, 3.8) is 0 Å². The van der Waals surface area contributed by atoms with Gasteiger partial charge in [0.2, 0.25) is 0 Å². The number of benzene rings is 1. The highest BCUT2D eigenvalue weighted by atomic mass is 16.3. The number of hydrogen-bond donors (Lipinski definition) is 1. The number of aromatic hydroxyl groups is 1. The van der Waals surface area contributed by atoms with Gasteiger partial charge in [-0.2, -0.15) is 0 Å². The molecule has 3 atom stereocenters. The molecule has 1 heteroatoms. The molecule has 1 nitrogen and oxygen atoms in total. The number of rotatable bonds is 1. The Kier molecular flexibility index (Phi) is 2.01. The second kappa shape index (κ2) is 3.26. The molecule has 2 bridgehead atoms. The van der Waals surface area contributed by atoms with E-state index in [9.17, 15) is 5.11 Å². The Bertz CT molecular complexity index is 383. The molecule has 0 aromatic heterocycles. The van der Waals surface area contributed by atoms with Crippen LogP contribution in [0, 0.1) is 18.8 Å². The third kappa shape index (κ3) is 1.45. The summed E-state index contributed by atoms with van der Waals surface area (Å²) in [5.41, 5.74) is 2.48. The molecule has 0 saturated heterocycles. The highest BCUT2D eigenvalue weighted by Gasteiger charge is 2.40. The van der Waals surface area contributed by atoms with Gasteiger partial charge in [-0.1, -0.05) is 18.6 Å². The first-order valence-electron chi connectivity index (χ1n) is 6.03. The monoisotopic (exact) mass is 202 g/mol. The molecule has 1 aromatic carbocycles. The van der Waals surface area contributed by atoms with Crippen LogP contribution in [0.15, 0.2) is 18.2 Å². The van der Waals surface area contributed by atoms with Crippen LogP contribution < -0.4 is 0 Å². The van der Waals surface area contributed by atoms with Crippen molar-refractivity contribution >= 4 is 0 Å². The van der Waals surface area contributed by atoms with E-state index in [0.29, 0.717) is 5.75 Å². The van der Waals surface area contributed by atoms with Gasteiger partial charge in [0.25, 0.3) is 0 Å². The van der Waals surface area contributed by atoms with Crippen LogP contribution in [0.4, 0.5) is 0 Å². The Hall–Kier alpha value is -0.980. The van der Waals surface area contributed by atoms with Crippen LogP contribution in [0.5, 0.6) is 5.75 Å². The molecule has 80 valence electrons. The lowest BCUT2D eigenvalue weighted by molar-refractivity contribution is 0.418. The standard InChI is InChI=1S/C14H18O/c1-9-6-11(4-5-14(9)15)13-8-10-2-3-12(13)7-10/h4-6,10,12-13,15H,2-3,7-8H2,1H3. The molecular weight excluding hydrogens is 184 g/mol. The number of aryl methyl sites for hydroxylation is 1. The average molecular weight is 202 g/mol. The van der Waals surface area contributed by atoms with Crippen molar-refractivity contribution in [2.24, 2.45) is 11.8 Å². The van der Waals surface area contributed by atoms with Crippen LogP contribution in [-0.4, -0.2) is 5.11 Å². The summed E-state index contributed by atoms with van der Waals surface area (Å²) in [6, 6.07) is 6.16. The smallest absolute Gasteiger partial charge is 0.118 e. The van der Waals surface area contributed by atoms with Gasteiger partial charge in [0.05, 0.1) is 0 Å². The normalized spacial score (nSPS) is 33.5. The highest BCUT2D eigenvalue weighted by Crippen LogP contribution is 2.53. The maximum Gasteiger partial charge on any atom is 0.118 e. The Morgan fingerprint density at radius 2 is 2.07 bits per heavy atom. The second-order valence-electron chi connectivity index (χ2n) is 5.33. The molecule has 1 N–H and O–H groups in total. The van der Waals surface area contributed by atoms with Gasteiger partial charge in [-0.25, -0.2) is 0 Å². The van der Waals surface area contributed by atoms with Gasteiger partial charge in [0.1, 0.15) is 5.75 Å². The topological polar surface area (TPSA) is 20.2 Å². The van der Waals surface area contributed by atoms with Crippen LogP contribution in [-0.2, 0) is 0 Å². The van der Waals surface area contributed by atoms with E-state index in [-0.39, 0.29) is 0 Å². The summed E-state index contributed by atoms with van der Waals surface area (Å²) in [6.45, 7) is 1.99. The molecule has 15 heavy (non-hydrogen) atoms. The number of fused-ring (bicyclic) bond motifs is 2. The molecule has 0 amide bonds. The van der Waals surface area contributed by atoms with Crippen molar-refractivity contribution in [3.05, 3.63) is 29.3 Å². The fourth-order valence-corrected chi connectivity index (χ4v) is 3.56. The average Bonchev–Trinajstić information content (AvgIpc) is 2.83. The SMILES string of the molecule is Cc1cc(C2CC3CCC2C3)ccc1O. The third-order valence-corrected chi connectivity index (χ3v) is 4.39. The van der Waals surface area contributed by atoms with Crippen molar-refractivity contribution in [1.82, 2.24) is 0 Å². The van der Waals surface area contributed by atoms with E-state index in [1.165, 1.54) is 31.2 Å². The minimum absolute atomic E-state index is 0.432. The first-order chi connectivity index (χ1) is 7.24. The van der Waals surface area contributed by atoms with Crippen molar-refractivity contribution in [3.8, 4) is 5.75 Å². The Balaban J connectivity index is 1.90. The van der Waals surface area contributed by atoms with Gasteiger partial charge in [-0.3, -0.25) is 0 Å². The quantitative estimate of drug-likeness (QED) is 0.737. The second-order valence-corrected chi connectivity index (χ2v) is 5.33. The van der Waals surface area contributed by atoms with Crippen LogP contribution in [0.1, 0.15) is 42.7 Å². The minimum atomic E-state index is 0.432. The number of phenolic OH excluding ortho intramolecular Hbond substituents is 1. The van der Waals surface area contributed by atoms with E-state index in [0.717, 1.165) is 23.3 Å². The Morgan fingerprint density at radius 1 is 1.20 bits per heavy atom. The predicted octanol–water partition coefficient (Wildman–Crippen LogP) is 3.60. The van der Waals surface area contributed by atoms with E-state index >= 15 is 0 Å². The molecule has 0 radical (unpaired) electrons. The van der Waals surface area contributed by atoms with E-state index in [2.05, 4.69) is 12.1 Å². The minimum Gasteiger partial charge on any atom is -0.508 e. The summed E-state index contributed by atoms with van der Waals surface area (Å²) in [5.74, 6) is 3.14. The van der Waals surface area contributed by atoms with Gasteiger partial charge < -0.3 is 5.11 Å². The molecule has 3 rings (SSSR count). The van der Waals surface area contributed by atoms with Crippen LogP contribution >= 0.6 is 0 Å². The zero-order chi connectivity index (χ0) is 10.4. The molecule has 1 aromatic rings. The Morgan fingerprint density at radius 3 is 2.67 bits per heavy atom. The van der Waals surface area contributed by atoms with Gasteiger partial charge in [-0.05, 0) is 61.1 Å². The van der Waals surface area contributed by atoms with Crippen molar-refractivity contribution in [2.75, 3.05) is 0 Å². The molecule has 2 aliphatic carbocycles. The summed E-state index contributed by atoms with van der Waals surface area (Å²) < 4.78 is 0. The van der Waals surface area contributed by atoms with E-state index in [4.69, 9.17) is 0 Å². The molecule has 2 aliphatic rings. The molecule has 2 fully saturated rings. The first kappa shape index (κ1) is 9.26. The maximum absolute atomic E-state index is 9.52. The summed E-state index contributed by atoms with van der Waals surface area (Å²) in [5, 5.41) is 9.52. The lowest BCUT2D eigenvalue weighted by Gasteiger charge is -2.22. The lowest BCUT2D eigenvalue weighted by atomic mass is 9.83. The van der Waals surface area contributed by atoms with Gasteiger partial charge in [-0.15, -0.1) is 0 Å². The first-order valence-corrected chi connectivity index (χ1v) is 6.03. The molecular formula is C14H18O. The van der Waals surface area contributed by atoms with Gasteiger partial charge >= 0.3 is 0 Å². The summed E-state index contributed by atoms with van der Waals surface area (Å²) in [6.07, 6.45) is 5.72. The molecule has 0 spiro atoms. The van der Waals surface area contributed by atoms with E-state index in [1.807, 2.05) is 13.0 Å². The third-order valence-electron chi connectivity index (χ3n) is 4.39. The summed E-state index contributed by atoms with van der Waals surface area (Å²) in [7, 11) is 0. The van der Waals surface area contributed by atoms with Gasteiger partial charge in [0.15, 0.2) is 0 Å². The van der Waals surface area contributed by atoms with Crippen molar-refractivity contribution in [2.45, 2.75) is 38.5 Å². The molecule has 2 saturated carbocycles. The van der Waals surface area contributed by atoms with Crippen LogP contribution in [0.25, 0.3) is 0 Å². The lowest BCUT2D eigenvalue weighted by Crippen LogP contribution is -2.08. The van der Waals surface area contributed by atoms with Crippen LogP contribution in [0.3, 0.4) is 0 Å². The fourth-order valence-electron chi connectivity index (χ4n) is 3.56. The van der Waals surface area contributed by atoms with E-state index in [1.54, 1.807) is 0 Å². The fraction of sp³-hybridized carbons (Fsp3) is 0.571. The summed E-state index contributed by atoms with van der Waals surface area (Å²) in [4.78, 5) is 0. The zero-order valence-electron chi connectivity index (χ0n) is 9.24. The zero-order valence-corrected chi connectivity index (χ0v) is 9.24. The number of hydrogen-bond acceptors (Lipinski definition) is 1. The van der Waals surface area contributed by atoms with E-state index < -0.39 is 0 Å². The largest absolute Gasteiger partial charge is 0.508 e. The highest BCUT2D eigenvalue weighted by molar-refractivity contribution is 5.37. The Labute approximate surface area is 91.1 Å². The van der Waals surface area contributed by atoms with Crippen LogP contribution in [0.2, 0.25) is 0 Å².